The van der Waals surface area contributed by atoms with Gasteiger partial charge in [0.2, 0.25) is 5.91 Å². The van der Waals surface area contributed by atoms with Gasteiger partial charge in [-0.2, -0.15) is 0 Å². The topological polar surface area (TPSA) is 70.1 Å². The van der Waals surface area contributed by atoms with E-state index in [1.165, 1.54) is 0 Å². The van der Waals surface area contributed by atoms with E-state index >= 15 is 0 Å². The van der Waals surface area contributed by atoms with Gasteiger partial charge in [-0.25, -0.2) is 0 Å². The Hall–Kier alpha value is -1.14. The van der Waals surface area contributed by atoms with Crippen molar-refractivity contribution in [2.75, 3.05) is 26.2 Å². The van der Waals surface area contributed by atoms with Gasteiger partial charge in [0.05, 0.1) is 18.8 Å². The van der Waals surface area contributed by atoms with E-state index in [0.717, 1.165) is 12.8 Å². The van der Waals surface area contributed by atoms with E-state index < -0.39 is 11.5 Å². The predicted octanol–water partition coefficient (Wildman–Crippen LogP) is 0.951. The number of carbonyl (C=O) groups is 2. The van der Waals surface area contributed by atoms with Crippen LogP contribution in [0.25, 0.3) is 0 Å². The summed E-state index contributed by atoms with van der Waals surface area (Å²) in [4.78, 5) is 27.7. The zero-order chi connectivity index (χ0) is 15.6. The molecule has 2 fully saturated rings. The van der Waals surface area contributed by atoms with Gasteiger partial charge in [-0.05, 0) is 46.6 Å². The van der Waals surface area contributed by atoms with Crippen LogP contribution in [0.1, 0.15) is 40.0 Å². The molecule has 2 aliphatic heterocycles. The SMILES string of the molecule is CC1CN(C(=O)CN2CCCCC2(C)C(=O)O)CC(C)O1. The second-order valence-corrected chi connectivity index (χ2v) is 6.51. The minimum atomic E-state index is -0.919. The van der Waals surface area contributed by atoms with Crippen molar-refractivity contribution in [3.05, 3.63) is 0 Å². The quantitative estimate of drug-likeness (QED) is 0.840. The number of ether oxygens (including phenoxy) is 1. The second-order valence-electron chi connectivity index (χ2n) is 6.51. The van der Waals surface area contributed by atoms with Crippen LogP contribution in [0.5, 0.6) is 0 Å². The zero-order valence-corrected chi connectivity index (χ0v) is 13.2. The fraction of sp³-hybridized carbons (Fsp3) is 0.867. The summed E-state index contributed by atoms with van der Waals surface area (Å²) < 4.78 is 5.63. The third kappa shape index (κ3) is 3.55. The number of rotatable bonds is 3. The molecule has 0 radical (unpaired) electrons. The molecular formula is C15H26N2O4. The van der Waals surface area contributed by atoms with Crippen LogP contribution in [0.4, 0.5) is 0 Å². The standard InChI is InChI=1S/C15H26N2O4/c1-11-8-16(9-12(2)21-11)13(18)10-17-7-5-4-6-15(17,3)14(19)20/h11-12H,4-10H2,1-3H3,(H,19,20). The van der Waals surface area contributed by atoms with Crippen LogP contribution >= 0.6 is 0 Å². The molecule has 3 atom stereocenters. The van der Waals surface area contributed by atoms with Gasteiger partial charge in [0.15, 0.2) is 0 Å². The molecule has 0 aromatic carbocycles. The Morgan fingerprint density at radius 1 is 1.24 bits per heavy atom. The molecule has 2 aliphatic rings. The lowest BCUT2D eigenvalue weighted by molar-refractivity contribution is -0.157. The minimum Gasteiger partial charge on any atom is -0.480 e. The molecule has 6 heteroatoms. The summed E-state index contributed by atoms with van der Waals surface area (Å²) >= 11 is 0. The maximum Gasteiger partial charge on any atom is 0.323 e. The Bertz CT molecular complexity index is 404. The Morgan fingerprint density at radius 2 is 1.86 bits per heavy atom. The van der Waals surface area contributed by atoms with E-state index in [9.17, 15) is 14.7 Å². The molecule has 0 spiro atoms. The van der Waals surface area contributed by atoms with E-state index in [1.807, 2.05) is 18.7 Å². The Balaban J connectivity index is 2.02. The molecule has 6 nitrogen and oxygen atoms in total. The van der Waals surface area contributed by atoms with Crippen LogP contribution in [0.2, 0.25) is 0 Å². The molecule has 1 amide bonds. The average Bonchev–Trinajstić information content (AvgIpc) is 2.40. The van der Waals surface area contributed by atoms with Crippen LogP contribution in [-0.4, -0.2) is 70.7 Å². The van der Waals surface area contributed by atoms with Crippen LogP contribution in [0, 0.1) is 0 Å². The summed E-state index contributed by atoms with van der Waals surface area (Å²) in [5.41, 5.74) is -0.919. The molecular weight excluding hydrogens is 272 g/mol. The molecule has 0 aromatic heterocycles. The van der Waals surface area contributed by atoms with Crippen molar-refractivity contribution in [2.45, 2.75) is 57.8 Å². The average molecular weight is 298 g/mol. The smallest absolute Gasteiger partial charge is 0.323 e. The Kier molecular flexibility index (Phi) is 4.88. The summed E-state index contributed by atoms with van der Waals surface area (Å²) in [6, 6.07) is 0. The molecule has 0 aromatic rings. The maximum absolute atomic E-state index is 12.5. The number of amides is 1. The molecule has 2 heterocycles. The number of carboxylic acids is 1. The van der Waals surface area contributed by atoms with E-state index in [-0.39, 0.29) is 24.7 Å². The first-order chi connectivity index (χ1) is 9.83. The number of morpholine rings is 1. The number of nitrogens with zero attached hydrogens (tertiary/aromatic N) is 2. The van der Waals surface area contributed by atoms with Crippen LogP contribution < -0.4 is 0 Å². The van der Waals surface area contributed by atoms with Crippen molar-refractivity contribution < 1.29 is 19.4 Å². The number of carbonyl (C=O) groups excluding carboxylic acids is 1. The van der Waals surface area contributed by atoms with Crippen molar-refractivity contribution >= 4 is 11.9 Å². The highest BCUT2D eigenvalue weighted by Gasteiger charge is 2.42. The fourth-order valence-corrected chi connectivity index (χ4v) is 3.32. The lowest BCUT2D eigenvalue weighted by Gasteiger charge is -2.43. The van der Waals surface area contributed by atoms with Gasteiger partial charge in [0.1, 0.15) is 5.54 Å². The largest absolute Gasteiger partial charge is 0.480 e. The van der Waals surface area contributed by atoms with Crippen molar-refractivity contribution in [1.82, 2.24) is 9.80 Å². The molecule has 2 saturated heterocycles. The second kappa shape index (κ2) is 6.32. The van der Waals surface area contributed by atoms with Crippen LogP contribution in [-0.2, 0) is 14.3 Å². The number of likely N-dealkylation sites (tertiary alicyclic amines) is 1. The first-order valence-corrected chi connectivity index (χ1v) is 7.74. The number of aliphatic carboxylic acids is 1. The number of carboxylic acid groups (broad SMARTS) is 1. The Morgan fingerprint density at radius 3 is 2.43 bits per heavy atom. The first-order valence-electron chi connectivity index (χ1n) is 7.74. The molecule has 0 saturated carbocycles. The number of piperidine rings is 1. The summed E-state index contributed by atoms with van der Waals surface area (Å²) in [6.07, 6.45) is 2.52. The van der Waals surface area contributed by atoms with Crippen molar-refractivity contribution in [3.63, 3.8) is 0 Å². The predicted molar refractivity (Wildman–Crippen MR) is 78.1 cm³/mol. The highest BCUT2D eigenvalue weighted by atomic mass is 16.5. The van der Waals surface area contributed by atoms with E-state index in [0.29, 0.717) is 26.1 Å². The lowest BCUT2D eigenvalue weighted by Crippen LogP contribution is -2.59. The molecule has 120 valence electrons. The summed E-state index contributed by atoms with van der Waals surface area (Å²) in [5.74, 6) is -0.829. The maximum atomic E-state index is 12.5. The summed E-state index contributed by atoms with van der Waals surface area (Å²) in [5, 5.41) is 9.49. The normalized spacial score (nSPS) is 34.7. The van der Waals surface area contributed by atoms with E-state index in [4.69, 9.17) is 4.74 Å². The zero-order valence-electron chi connectivity index (χ0n) is 13.2. The molecule has 2 rings (SSSR count). The first kappa shape index (κ1) is 16.2. The van der Waals surface area contributed by atoms with Gasteiger partial charge in [0, 0.05) is 13.1 Å². The molecule has 21 heavy (non-hydrogen) atoms. The van der Waals surface area contributed by atoms with Crippen molar-refractivity contribution in [1.29, 1.82) is 0 Å². The van der Waals surface area contributed by atoms with E-state index in [2.05, 4.69) is 0 Å². The summed E-state index contributed by atoms with van der Waals surface area (Å²) in [6.45, 7) is 7.66. The Labute approximate surface area is 126 Å². The molecule has 3 unspecified atom stereocenters. The van der Waals surface area contributed by atoms with Crippen molar-refractivity contribution in [2.24, 2.45) is 0 Å². The highest BCUT2D eigenvalue weighted by Crippen LogP contribution is 2.28. The van der Waals surface area contributed by atoms with Crippen LogP contribution in [0.3, 0.4) is 0 Å². The minimum absolute atomic E-state index is 0.00590. The third-order valence-electron chi connectivity index (χ3n) is 4.60. The molecule has 0 aliphatic carbocycles. The van der Waals surface area contributed by atoms with Gasteiger partial charge in [-0.1, -0.05) is 0 Å². The summed E-state index contributed by atoms with van der Waals surface area (Å²) in [7, 11) is 0. The molecule has 1 N–H and O–H groups in total. The van der Waals surface area contributed by atoms with Gasteiger partial charge < -0.3 is 14.7 Å². The highest BCUT2D eigenvalue weighted by molar-refractivity contribution is 5.82. The lowest BCUT2D eigenvalue weighted by atomic mass is 9.88. The van der Waals surface area contributed by atoms with Gasteiger partial charge in [-0.3, -0.25) is 14.5 Å². The number of hydrogen-bond acceptors (Lipinski definition) is 4. The number of hydrogen-bond donors (Lipinski definition) is 1. The monoisotopic (exact) mass is 298 g/mol. The third-order valence-corrected chi connectivity index (χ3v) is 4.60. The van der Waals surface area contributed by atoms with Gasteiger partial charge >= 0.3 is 5.97 Å². The molecule has 0 bridgehead atoms. The fourth-order valence-electron chi connectivity index (χ4n) is 3.32. The van der Waals surface area contributed by atoms with Gasteiger partial charge in [0.25, 0.3) is 0 Å². The van der Waals surface area contributed by atoms with Crippen molar-refractivity contribution in [3.8, 4) is 0 Å². The van der Waals surface area contributed by atoms with E-state index in [1.54, 1.807) is 11.8 Å². The van der Waals surface area contributed by atoms with Gasteiger partial charge in [-0.15, -0.1) is 0 Å². The van der Waals surface area contributed by atoms with Crippen LogP contribution in [0.15, 0.2) is 0 Å².